The van der Waals surface area contributed by atoms with Crippen molar-refractivity contribution in [2.45, 2.75) is 19.9 Å². The van der Waals surface area contributed by atoms with Crippen molar-refractivity contribution in [1.29, 1.82) is 0 Å². The fourth-order valence-electron chi connectivity index (χ4n) is 4.23. The van der Waals surface area contributed by atoms with Crippen LogP contribution < -0.4 is 15.1 Å². The third-order valence-corrected chi connectivity index (χ3v) is 6.14. The Hall–Kier alpha value is -3.51. The van der Waals surface area contributed by atoms with Gasteiger partial charge in [-0.15, -0.1) is 0 Å². The molecule has 0 aliphatic carbocycles. The van der Waals surface area contributed by atoms with E-state index >= 15 is 0 Å². The standard InChI is InChI=1S/C26H26ClN3O3/c1-17-4-3-5-22(14-17)30-13-12-29(16-18(30)2)24-11-10-21(15-23(24)26(32)33)28-25(31)19-6-8-20(27)9-7-19/h3-11,14-15,18H,12-13,16H2,1-2H3,(H,28,31)(H,32,33). The van der Waals surface area contributed by atoms with Crippen LogP contribution in [0.1, 0.15) is 33.2 Å². The molecule has 1 saturated heterocycles. The highest BCUT2D eigenvalue weighted by Crippen LogP contribution is 2.29. The van der Waals surface area contributed by atoms with Crippen molar-refractivity contribution in [3.8, 4) is 0 Å². The number of hydrogen-bond acceptors (Lipinski definition) is 4. The fourth-order valence-corrected chi connectivity index (χ4v) is 4.36. The summed E-state index contributed by atoms with van der Waals surface area (Å²) >= 11 is 5.88. The first-order valence-electron chi connectivity index (χ1n) is 10.8. The van der Waals surface area contributed by atoms with E-state index in [4.69, 9.17) is 11.6 Å². The molecule has 1 aliphatic heterocycles. The van der Waals surface area contributed by atoms with Gasteiger partial charge in [-0.25, -0.2) is 4.79 Å². The Morgan fingerprint density at radius 2 is 1.79 bits per heavy atom. The number of aromatic carboxylic acids is 1. The number of hydrogen-bond donors (Lipinski definition) is 2. The smallest absolute Gasteiger partial charge is 0.337 e. The highest BCUT2D eigenvalue weighted by Gasteiger charge is 2.27. The summed E-state index contributed by atoms with van der Waals surface area (Å²) in [6.45, 7) is 6.42. The van der Waals surface area contributed by atoms with Crippen LogP contribution >= 0.6 is 11.6 Å². The van der Waals surface area contributed by atoms with Crippen LogP contribution in [0.4, 0.5) is 17.1 Å². The maximum absolute atomic E-state index is 12.5. The Balaban J connectivity index is 1.52. The number of nitrogens with one attached hydrogen (secondary N) is 1. The first kappa shape index (κ1) is 22.7. The lowest BCUT2D eigenvalue weighted by Crippen LogP contribution is -2.52. The summed E-state index contributed by atoms with van der Waals surface area (Å²) in [4.78, 5) is 29.0. The van der Waals surface area contributed by atoms with Gasteiger partial charge in [0, 0.05) is 47.6 Å². The molecule has 3 aromatic carbocycles. The molecule has 7 heteroatoms. The van der Waals surface area contributed by atoms with Gasteiger partial charge in [0.15, 0.2) is 0 Å². The number of amides is 1. The Kier molecular flexibility index (Phi) is 6.56. The maximum atomic E-state index is 12.5. The molecule has 1 aliphatic rings. The van der Waals surface area contributed by atoms with Crippen LogP contribution in [0.2, 0.25) is 5.02 Å². The molecule has 0 spiro atoms. The second-order valence-corrected chi connectivity index (χ2v) is 8.76. The number of rotatable bonds is 5. The van der Waals surface area contributed by atoms with Crippen molar-refractivity contribution in [3.63, 3.8) is 0 Å². The van der Waals surface area contributed by atoms with Crippen LogP contribution in [0.5, 0.6) is 0 Å². The van der Waals surface area contributed by atoms with E-state index in [0.717, 1.165) is 6.54 Å². The number of anilines is 3. The van der Waals surface area contributed by atoms with E-state index in [1.807, 2.05) is 0 Å². The molecule has 33 heavy (non-hydrogen) atoms. The van der Waals surface area contributed by atoms with Gasteiger partial charge in [0.1, 0.15) is 0 Å². The van der Waals surface area contributed by atoms with E-state index in [-0.39, 0.29) is 17.5 Å². The van der Waals surface area contributed by atoms with Gasteiger partial charge >= 0.3 is 5.97 Å². The van der Waals surface area contributed by atoms with Gasteiger partial charge in [-0.1, -0.05) is 23.7 Å². The van der Waals surface area contributed by atoms with E-state index in [1.54, 1.807) is 36.4 Å². The predicted octanol–water partition coefficient (Wildman–Crippen LogP) is 5.31. The Morgan fingerprint density at radius 1 is 1.03 bits per heavy atom. The SMILES string of the molecule is Cc1cccc(N2CCN(c3ccc(NC(=O)c4ccc(Cl)cc4)cc3C(=O)O)CC2C)c1. The Labute approximate surface area is 198 Å². The summed E-state index contributed by atoms with van der Waals surface area (Å²) in [6.07, 6.45) is 0. The lowest BCUT2D eigenvalue weighted by atomic mass is 10.1. The van der Waals surface area contributed by atoms with E-state index < -0.39 is 5.97 Å². The fraction of sp³-hybridized carbons (Fsp3) is 0.231. The number of carboxylic acids is 1. The molecular weight excluding hydrogens is 438 g/mol. The third-order valence-electron chi connectivity index (χ3n) is 5.89. The van der Waals surface area contributed by atoms with Crippen LogP contribution in [0, 0.1) is 6.92 Å². The van der Waals surface area contributed by atoms with Crippen LogP contribution in [-0.2, 0) is 0 Å². The van der Waals surface area contributed by atoms with Gasteiger partial charge in [-0.2, -0.15) is 0 Å². The Bertz CT molecular complexity index is 1180. The number of aryl methyl sites for hydroxylation is 1. The molecule has 1 fully saturated rings. The zero-order valence-electron chi connectivity index (χ0n) is 18.6. The largest absolute Gasteiger partial charge is 0.478 e. The molecule has 1 amide bonds. The number of carboxylic acid groups (broad SMARTS) is 1. The Morgan fingerprint density at radius 3 is 2.45 bits per heavy atom. The van der Waals surface area contributed by atoms with Crippen molar-refractivity contribution < 1.29 is 14.7 Å². The van der Waals surface area contributed by atoms with E-state index in [9.17, 15) is 14.7 Å². The zero-order valence-corrected chi connectivity index (χ0v) is 19.3. The van der Waals surface area contributed by atoms with Gasteiger partial charge in [0.05, 0.1) is 11.3 Å². The molecule has 6 nitrogen and oxygen atoms in total. The molecule has 0 saturated carbocycles. The normalized spacial score (nSPS) is 15.9. The van der Waals surface area contributed by atoms with Gasteiger partial charge in [-0.3, -0.25) is 4.79 Å². The summed E-state index contributed by atoms with van der Waals surface area (Å²) in [5, 5.41) is 13.2. The molecule has 1 heterocycles. The monoisotopic (exact) mass is 463 g/mol. The molecule has 0 radical (unpaired) electrons. The predicted molar refractivity (Wildman–Crippen MR) is 133 cm³/mol. The van der Waals surface area contributed by atoms with E-state index in [1.165, 1.54) is 17.3 Å². The summed E-state index contributed by atoms with van der Waals surface area (Å²) in [7, 11) is 0. The number of halogens is 1. The first-order chi connectivity index (χ1) is 15.8. The summed E-state index contributed by atoms with van der Waals surface area (Å²) in [6, 6.07) is 20.2. The maximum Gasteiger partial charge on any atom is 0.337 e. The lowest BCUT2D eigenvalue weighted by molar-refractivity contribution is 0.0697. The molecule has 4 rings (SSSR count). The minimum atomic E-state index is -1.03. The highest BCUT2D eigenvalue weighted by atomic mass is 35.5. The van der Waals surface area contributed by atoms with E-state index in [2.05, 4.69) is 53.2 Å². The van der Waals surface area contributed by atoms with Crippen LogP contribution in [-0.4, -0.2) is 42.7 Å². The minimum absolute atomic E-state index is 0.167. The number of piperazine rings is 1. The summed E-state index contributed by atoms with van der Waals surface area (Å²) in [5.74, 6) is -1.35. The number of benzene rings is 3. The summed E-state index contributed by atoms with van der Waals surface area (Å²) in [5.41, 5.74) is 4.10. The van der Waals surface area contributed by atoms with Crippen molar-refractivity contribution >= 4 is 40.5 Å². The van der Waals surface area contributed by atoms with Crippen molar-refractivity contribution in [3.05, 3.63) is 88.4 Å². The van der Waals surface area contributed by atoms with Gasteiger partial charge < -0.3 is 20.2 Å². The third kappa shape index (κ3) is 5.12. The number of carbonyl (C=O) groups is 2. The van der Waals surface area contributed by atoms with Crippen LogP contribution in [0.25, 0.3) is 0 Å². The van der Waals surface area contributed by atoms with Crippen LogP contribution in [0.15, 0.2) is 66.7 Å². The molecule has 170 valence electrons. The second kappa shape index (κ2) is 9.55. The van der Waals surface area contributed by atoms with Crippen LogP contribution in [0.3, 0.4) is 0 Å². The van der Waals surface area contributed by atoms with Crippen molar-refractivity contribution in [2.24, 2.45) is 0 Å². The topological polar surface area (TPSA) is 72.9 Å². The molecular formula is C26H26ClN3O3. The molecule has 0 bridgehead atoms. The number of carbonyl (C=O) groups excluding carboxylic acids is 1. The molecule has 0 aromatic heterocycles. The highest BCUT2D eigenvalue weighted by molar-refractivity contribution is 6.30. The van der Waals surface area contributed by atoms with E-state index in [0.29, 0.717) is 35.1 Å². The minimum Gasteiger partial charge on any atom is -0.478 e. The number of nitrogens with zero attached hydrogens (tertiary/aromatic N) is 2. The van der Waals surface area contributed by atoms with Crippen molar-refractivity contribution in [1.82, 2.24) is 0 Å². The second-order valence-electron chi connectivity index (χ2n) is 8.33. The lowest BCUT2D eigenvalue weighted by Gasteiger charge is -2.42. The molecule has 3 aromatic rings. The molecule has 2 N–H and O–H groups in total. The quantitative estimate of drug-likeness (QED) is 0.536. The molecule has 1 unspecified atom stereocenters. The van der Waals surface area contributed by atoms with Gasteiger partial charge in [0.2, 0.25) is 0 Å². The average molecular weight is 464 g/mol. The van der Waals surface area contributed by atoms with Gasteiger partial charge in [-0.05, 0) is 74.0 Å². The first-order valence-corrected chi connectivity index (χ1v) is 11.2. The van der Waals surface area contributed by atoms with Gasteiger partial charge in [0.25, 0.3) is 5.91 Å². The zero-order chi connectivity index (χ0) is 23.5. The average Bonchev–Trinajstić information content (AvgIpc) is 2.79. The molecule has 1 atom stereocenters. The van der Waals surface area contributed by atoms with Crippen molar-refractivity contribution in [2.75, 3.05) is 34.8 Å². The summed E-state index contributed by atoms with van der Waals surface area (Å²) < 4.78 is 0.